The molecule has 1 fully saturated rings. The van der Waals surface area contributed by atoms with Crippen LogP contribution in [0, 0.1) is 0 Å². The molecule has 192 valence electrons. The molecule has 0 spiro atoms. The molecular formula is C22H36N4O8. The lowest BCUT2D eigenvalue weighted by Crippen LogP contribution is -2.68. The maximum atomic E-state index is 13.4. The van der Waals surface area contributed by atoms with Crippen molar-refractivity contribution >= 4 is 35.6 Å². The predicted octanol–water partition coefficient (Wildman–Crippen LogP) is -0.650. The van der Waals surface area contributed by atoms with E-state index < -0.39 is 84.7 Å². The molecule has 34 heavy (non-hydrogen) atoms. The summed E-state index contributed by atoms with van der Waals surface area (Å²) in [5, 5.41) is 5.39. The second kappa shape index (κ2) is 11.3. The van der Waals surface area contributed by atoms with Crippen molar-refractivity contribution < 1.29 is 38.2 Å². The highest BCUT2D eigenvalue weighted by Crippen LogP contribution is 2.24. The van der Waals surface area contributed by atoms with Gasteiger partial charge in [-0.1, -0.05) is 0 Å². The predicted molar refractivity (Wildman–Crippen MR) is 120 cm³/mol. The van der Waals surface area contributed by atoms with E-state index >= 15 is 0 Å². The number of hydrogen-bond acceptors (Lipinski definition) is 8. The number of rotatable bonds is 8. The molecule has 1 rings (SSSR count). The molecule has 4 amide bonds. The molecule has 0 aromatic rings. The number of hydrogen-bond donors (Lipinski definition) is 2. The molecule has 12 heteroatoms. The number of nitrogens with zero attached hydrogens (tertiary/aromatic N) is 2. The lowest BCUT2D eigenvalue weighted by molar-refractivity contribution is -0.169. The third-order valence-corrected chi connectivity index (χ3v) is 4.72. The summed E-state index contributed by atoms with van der Waals surface area (Å²) in [7, 11) is 2.26. The quantitative estimate of drug-likeness (QED) is 0.431. The first-order valence-corrected chi connectivity index (χ1v) is 10.9. The fraction of sp³-hybridized carbons (Fsp3) is 0.727. The van der Waals surface area contributed by atoms with Crippen LogP contribution in [-0.2, 0) is 38.2 Å². The number of carbonyl (C=O) groups is 6. The van der Waals surface area contributed by atoms with Gasteiger partial charge < -0.3 is 29.9 Å². The summed E-state index contributed by atoms with van der Waals surface area (Å²) in [6.07, 6.45) is -1.04. The number of methoxy groups -OCH3 is 2. The van der Waals surface area contributed by atoms with Gasteiger partial charge in [0.15, 0.2) is 0 Å². The fourth-order valence-electron chi connectivity index (χ4n) is 3.44. The summed E-state index contributed by atoms with van der Waals surface area (Å²) in [5.74, 6) is -4.19. The van der Waals surface area contributed by atoms with Gasteiger partial charge in [-0.3, -0.25) is 28.8 Å². The second-order valence-corrected chi connectivity index (χ2v) is 10.1. The average Bonchev–Trinajstić information content (AvgIpc) is 2.67. The van der Waals surface area contributed by atoms with Crippen molar-refractivity contribution in [1.82, 2.24) is 20.4 Å². The molecule has 1 saturated heterocycles. The number of ether oxygens (including phenoxy) is 2. The summed E-state index contributed by atoms with van der Waals surface area (Å²) in [6.45, 7) is 9.42. The first-order chi connectivity index (χ1) is 15.5. The average molecular weight is 485 g/mol. The largest absolute Gasteiger partial charge is 0.469 e. The van der Waals surface area contributed by atoms with Crippen LogP contribution in [0.2, 0.25) is 0 Å². The van der Waals surface area contributed by atoms with Crippen LogP contribution in [0.3, 0.4) is 0 Å². The molecule has 0 aromatic heterocycles. The van der Waals surface area contributed by atoms with Gasteiger partial charge in [-0.25, -0.2) is 0 Å². The minimum absolute atomic E-state index is 0.522. The molecule has 1 aliphatic heterocycles. The standard InChI is InChI=1S/C22H36N4O8/c1-21(2,3)23-15(27)11-25-13(9-17(29)33-7)20(32)26(12-16(28)24-22(4,5)6)14(19(25)31)10-18(30)34-8/h13-14H,9-12H2,1-8H3,(H,23,27)(H,24,28)/t13-,14-/m0/s1. The SMILES string of the molecule is COC(=O)C[C@H]1C(=O)N(CC(=O)NC(C)(C)C)[C@@H](CC(=O)OC)C(=O)N1CC(=O)NC(C)(C)C. The molecule has 1 aliphatic rings. The van der Waals surface area contributed by atoms with Crippen molar-refractivity contribution in [2.75, 3.05) is 27.3 Å². The second-order valence-electron chi connectivity index (χ2n) is 10.1. The van der Waals surface area contributed by atoms with Crippen LogP contribution in [0.5, 0.6) is 0 Å². The van der Waals surface area contributed by atoms with Crippen molar-refractivity contribution in [3.05, 3.63) is 0 Å². The van der Waals surface area contributed by atoms with E-state index in [-0.39, 0.29) is 0 Å². The molecule has 12 nitrogen and oxygen atoms in total. The highest BCUT2D eigenvalue weighted by atomic mass is 16.5. The Morgan fingerprint density at radius 1 is 0.706 bits per heavy atom. The molecule has 0 aromatic carbocycles. The van der Waals surface area contributed by atoms with E-state index in [1.165, 1.54) is 0 Å². The highest BCUT2D eigenvalue weighted by molar-refractivity contribution is 6.03. The molecule has 0 bridgehead atoms. The Bertz CT molecular complexity index is 760. The molecule has 0 unspecified atom stereocenters. The monoisotopic (exact) mass is 484 g/mol. The first kappa shape index (κ1) is 28.9. The Hall–Kier alpha value is -3.18. The molecule has 2 atom stereocenters. The van der Waals surface area contributed by atoms with E-state index in [1.807, 2.05) is 0 Å². The number of nitrogens with one attached hydrogen (secondary N) is 2. The number of piperazine rings is 1. The number of amides is 4. The van der Waals surface area contributed by atoms with Crippen molar-refractivity contribution in [3.63, 3.8) is 0 Å². The molecule has 0 aliphatic carbocycles. The smallest absolute Gasteiger partial charge is 0.308 e. The van der Waals surface area contributed by atoms with Gasteiger partial charge in [0.2, 0.25) is 23.6 Å². The van der Waals surface area contributed by atoms with Crippen LogP contribution < -0.4 is 10.6 Å². The Kier molecular flexibility index (Phi) is 9.59. The molecule has 2 N–H and O–H groups in total. The highest BCUT2D eigenvalue weighted by Gasteiger charge is 2.48. The third kappa shape index (κ3) is 8.64. The zero-order valence-electron chi connectivity index (χ0n) is 21.1. The normalized spacial score (nSPS) is 18.9. The summed E-state index contributed by atoms with van der Waals surface area (Å²) >= 11 is 0. The molecule has 0 radical (unpaired) electrons. The zero-order chi connectivity index (χ0) is 26.4. The van der Waals surface area contributed by atoms with Gasteiger partial charge in [-0.2, -0.15) is 0 Å². The van der Waals surface area contributed by atoms with Gasteiger partial charge in [0, 0.05) is 11.1 Å². The Labute approximate surface area is 199 Å². The van der Waals surface area contributed by atoms with E-state index in [0.717, 1.165) is 24.0 Å². The van der Waals surface area contributed by atoms with E-state index in [9.17, 15) is 28.8 Å². The molecule has 1 heterocycles. The van der Waals surface area contributed by atoms with Gasteiger partial charge >= 0.3 is 11.9 Å². The lowest BCUT2D eigenvalue weighted by Gasteiger charge is -2.44. The van der Waals surface area contributed by atoms with Gasteiger partial charge in [0.1, 0.15) is 25.2 Å². The van der Waals surface area contributed by atoms with Gasteiger partial charge in [-0.05, 0) is 41.5 Å². The summed E-state index contributed by atoms with van der Waals surface area (Å²) in [5.41, 5.74) is -1.22. The Balaban J connectivity index is 3.39. The minimum Gasteiger partial charge on any atom is -0.469 e. The zero-order valence-corrected chi connectivity index (χ0v) is 21.1. The number of esters is 2. The van der Waals surface area contributed by atoms with Crippen LogP contribution in [0.1, 0.15) is 54.4 Å². The topological polar surface area (TPSA) is 151 Å². The maximum Gasteiger partial charge on any atom is 0.308 e. The van der Waals surface area contributed by atoms with Gasteiger partial charge in [0.05, 0.1) is 27.1 Å². The van der Waals surface area contributed by atoms with Gasteiger partial charge in [-0.15, -0.1) is 0 Å². The van der Waals surface area contributed by atoms with Crippen LogP contribution in [-0.4, -0.2) is 95.8 Å². The molecular weight excluding hydrogens is 448 g/mol. The van der Waals surface area contributed by atoms with Crippen molar-refractivity contribution in [2.45, 2.75) is 77.5 Å². The fourth-order valence-corrected chi connectivity index (χ4v) is 3.44. The van der Waals surface area contributed by atoms with Crippen molar-refractivity contribution in [2.24, 2.45) is 0 Å². The minimum atomic E-state index is -1.39. The molecule has 0 saturated carbocycles. The van der Waals surface area contributed by atoms with Gasteiger partial charge in [0.25, 0.3) is 0 Å². The maximum absolute atomic E-state index is 13.4. The van der Waals surface area contributed by atoms with E-state index in [2.05, 4.69) is 20.1 Å². The van der Waals surface area contributed by atoms with Crippen molar-refractivity contribution in [1.29, 1.82) is 0 Å². The summed E-state index contributed by atoms with van der Waals surface area (Å²) in [4.78, 5) is 78.0. The summed E-state index contributed by atoms with van der Waals surface area (Å²) < 4.78 is 9.32. The Morgan fingerprint density at radius 2 is 1.00 bits per heavy atom. The first-order valence-electron chi connectivity index (χ1n) is 10.9. The number of carbonyl (C=O) groups excluding carboxylic acids is 6. The summed E-state index contributed by atoms with van der Waals surface area (Å²) in [6, 6.07) is -2.77. The van der Waals surface area contributed by atoms with Crippen LogP contribution in [0.4, 0.5) is 0 Å². The van der Waals surface area contributed by atoms with E-state index in [4.69, 9.17) is 0 Å². The van der Waals surface area contributed by atoms with E-state index in [1.54, 1.807) is 41.5 Å². The van der Waals surface area contributed by atoms with Crippen LogP contribution in [0.25, 0.3) is 0 Å². The lowest BCUT2D eigenvalue weighted by atomic mass is 9.99. The van der Waals surface area contributed by atoms with Crippen LogP contribution in [0.15, 0.2) is 0 Å². The van der Waals surface area contributed by atoms with E-state index in [0.29, 0.717) is 0 Å². The van der Waals surface area contributed by atoms with Crippen molar-refractivity contribution in [3.8, 4) is 0 Å². The van der Waals surface area contributed by atoms with Crippen LogP contribution >= 0.6 is 0 Å². The Morgan fingerprint density at radius 3 is 1.24 bits per heavy atom. The third-order valence-electron chi connectivity index (χ3n) is 4.72.